The van der Waals surface area contributed by atoms with E-state index in [1.165, 1.54) is 0 Å². The van der Waals surface area contributed by atoms with Gasteiger partial charge in [-0.1, -0.05) is 0 Å². The Hall–Kier alpha value is -1.26. The van der Waals surface area contributed by atoms with E-state index >= 15 is 0 Å². The maximum atomic E-state index is 11.9. The van der Waals surface area contributed by atoms with Crippen molar-refractivity contribution in [2.24, 2.45) is 5.73 Å². The van der Waals surface area contributed by atoms with Gasteiger partial charge in [-0.3, -0.25) is 9.78 Å². The van der Waals surface area contributed by atoms with Crippen LogP contribution < -0.4 is 5.73 Å². The Morgan fingerprint density at radius 3 is 3.18 bits per heavy atom. The minimum atomic E-state index is 0.151. The van der Waals surface area contributed by atoms with E-state index in [-0.39, 0.29) is 11.9 Å². The Morgan fingerprint density at radius 2 is 2.47 bits per heavy atom. The summed E-state index contributed by atoms with van der Waals surface area (Å²) < 4.78 is 5.50. The number of ketones is 1. The minimum absolute atomic E-state index is 0.151. The topological polar surface area (TPSA) is 65.2 Å². The number of nitrogens with zero attached hydrogens (tertiary/aromatic N) is 1. The first-order chi connectivity index (χ1) is 8.29. The predicted octanol–water partition coefficient (Wildman–Crippen LogP) is 1.68. The molecule has 92 valence electrons. The van der Waals surface area contributed by atoms with Crippen LogP contribution >= 0.6 is 0 Å². The average Bonchev–Trinajstić information content (AvgIpc) is 2.89. The second-order valence-corrected chi connectivity index (χ2v) is 4.34. The maximum Gasteiger partial charge on any atom is 0.163 e. The molecule has 0 radical (unpaired) electrons. The van der Waals surface area contributed by atoms with Crippen LogP contribution in [0.15, 0.2) is 18.3 Å². The lowest BCUT2D eigenvalue weighted by atomic mass is 10.0. The Bertz CT molecular complexity index is 387. The molecule has 0 saturated carbocycles. The first-order valence-electron chi connectivity index (χ1n) is 6.09. The first-order valence-corrected chi connectivity index (χ1v) is 6.09. The molecule has 1 unspecified atom stereocenters. The molecular weight excluding hydrogens is 216 g/mol. The normalized spacial score (nSPS) is 19.5. The smallest absolute Gasteiger partial charge is 0.163 e. The standard InChI is InChI=1S/C13H18N2O2/c14-9-11-8-10(5-6-15-11)13(16)4-3-12-2-1-7-17-12/h5-6,8,12H,1-4,7,9,14H2. The van der Waals surface area contributed by atoms with Crippen molar-refractivity contribution >= 4 is 5.78 Å². The van der Waals surface area contributed by atoms with E-state index in [0.29, 0.717) is 18.5 Å². The van der Waals surface area contributed by atoms with E-state index in [4.69, 9.17) is 10.5 Å². The van der Waals surface area contributed by atoms with Crippen molar-refractivity contribution in [3.8, 4) is 0 Å². The van der Waals surface area contributed by atoms with Crippen molar-refractivity contribution in [3.63, 3.8) is 0 Å². The zero-order chi connectivity index (χ0) is 12.1. The van der Waals surface area contributed by atoms with Crippen molar-refractivity contribution in [2.75, 3.05) is 6.61 Å². The molecule has 0 amide bonds. The zero-order valence-electron chi connectivity index (χ0n) is 9.89. The quantitative estimate of drug-likeness (QED) is 0.787. The Morgan fingerprint density at radius 1 is 1.59 bits per heavy atom. The van der Waals surface area contributed by atoms with Crippen molar-refractivity contribution in [3.05, 3.63) is 29.6 Å². The van der Waals surface area contributed by atoms with Gasteiger partial charge in [0.1, 0.15) is 0 Å². The van der Waals surface area contributed by atoms with E-state index in [1.54, 1.807) is 18.3 Å². The van der Waals surface area contributed by atoms with Crippen LogP contribution in [0.4, 0.5) is 0 Å². The van der Waals surface area contributed by atoms with Crippen LogP contribution in [0.25, 0.3) is 0 Å². The van der Waals surface area contributed by atoms with Crippen LogP contribution in [0.2, 0.25) is 0 Å². The van der Waals surface area contributed by atoms with Gasteiger partial charge in [0.2, 0.25) is 0 Å². The molecule has 2 N–H and O–H groups in total. The molecule has 1 atom stereocenters. The number of carbonyl (C=O) groups excluding carboxylic acids is 1. The Kier molecular flexibility index (Phi) is 4.23. The fourth-order valence-corrected chi connectivity index (χ4v) is 2.07. The second kappa shape index (κ2) is 5.89. The summed E-state index contributed by atoms with van der Waals surface area (Å²) in [6, 6.07) is 3.52. The van der Waals surface area contributed by atoms with Gasteiger partial charge in [0.25, 0.3) is 0 Å². The van der Waals surface area contributed by atoms with Crippen LogP contribution in [-0.2, 0) is 11.3 Å². The fourth-order valence-electron chi connectivity index (χ4n) is 2.07. The highest BCUT2D eigenvalue weighted by Gasteiger charge is 2.17. The Balaban J connectivity index is 1.89. The molecule has 2 heterocycles. The first kappa shape index (κ1) is 12.2. The number of ether oxygens (including phenoxy) is 1. The molecule has 2 rings (SSSR count). The summed E-state index contributed by atoms with van der Waals surface area (Å²) in [6.45, 7) is 1.21. The average molecular weight is 234 g/mol. The highest BCUT2D eigenvalue weighted by Crippen LogP contribution is 2.18. The number of hydrogen-bond acceptors (Lipinski definition) is 4. The van der Waals surface area contributed by atoms with Gasteiger partial charge in [-0.05, 0) is 31.4 Å². The highest BCUT2D eigenvalue weighted by molar-refractivity contribution is 5.96. The molecule has 0 aromatic carbocycles. The molecule has 1 aliphatic heterocycles. The van der Waals surface area contributed by atoms with E-state index < -0.39 is 0 Å². The third-order valence-electron chi connectivity index (χ3n) is 3.07. The number of rotatable bonds is 5. The molecule has 4 nitrogen and oxygen atoms in total. The molecule has 1 aromatic heterocycles. The van der Waals surface area contributed by atoms with Crippen LogP contribution in [0.1, 0.15) is 41.7 Å². The van der Waals surface area contributed by atoms with E-state index in [9.17, 15) is 4.79 Å². The van der Waals surface area contributed by atoms with E-state index in [2.05, 4.69) is 4.98 Å². The van der Waals surface area contributed by atoms with Crippen LogP contribution in [0.5, 0.6) is 0 Å². The SMILES string of the molecule is NCc1cc(C(=O)CCC2CCCO2)ccn1. The third-order valence-corrected chi connectivity index (χ3v) is 3.07. The summed E-state index contributed by atoms with van der Waals surface area (Å²) in [6.07, 6.45) is 5.47. The molecule has 1 aliphatic rings. The predicted molar refractivity (Wildman–Crippen MR) is 64.7 cm³/mol. The third kappa shape index (κ3) is 3.35. The molecule has 17 heavy (non-hydrogen) atoms. The van der Waals surface area contributed by atoms with Crippen molar-refractivity contribution in [1.29, 1.82) is 0 Å². The molecular formula is C13H18N2O2. The van der Waals surface area contributed by atoms with Crippen LogP contribution in [-0.4, -0.2) is 23.5 Å². The largest absolute Gasteiger partial charge is 0.378 e. The van der Waals surface area contributed by atoms with Crippen LogP contribution in [0.3, 0.4) is 0 Å². The van der Waals surface area contributed by atoms with Crippen molar-refractivity contribution in [2.45, 2.75) is 38.3 Å². The Labute approximate surface area is 101 Å². The second-order valence-electron chi connectivity index (χ2n) is 4.34. The number of Topliss-reactive ketones (excluding diaryl/α,β-unsaturated/α-hetero) is 1. The lowest BCUT2D eigenvalue weighted by Crippen LogP contribution is -2.09. The highest BCUT2D eigenvalue weighted by atomic mass is 16.5. The molecule has 1 fully saturated rings. The van der Waals surface area contributed by atoms with Gasteiger partial charge >= 0.3 is 0 Å². The summed E-state index contributed by atoms with van der Waals surface area (Å²) in [7, 11) is 0. The van der Waals surface area contributed by atoms with E-state index in [0.717, 1.165) is 31.6 Å². The summed E-state index contributed by atoms with van der Waals surface area (Å²) in [5, 5.41) is 0. The van der Waals surface area contributed by atoms with Gasteiger partial charge in [0.15, 0.2) is 5.78 Å². The van der Waals surface area contributed by atoms with Crippen molar-refractivity contribution in [1.82, 2.24) is 4.98 Å². The van der Waals surface area contributed by atoms with Crippen LogP contribution in [0, 0.1) is 0 Å². The molecule has 1 saturated heterocycles. The molecule has 0 bridgehead atoms. The van der Waals surface area contributed by atoms with Gasteiger partial charge in [0, 0.05) is 31.3 Å². The van der Waals surface area contributed by atoms with Crippen molar-refractivity contribution < 1.29 is 9.53 Å². The summed E-state index contributed by atoms with van der Waals surface area (Å²) >= 11 is 0. The number of hydrogen-bond donors (Lipinski definition) is 1. The van der Waals surface area contributed by atoms with Gasteiger partial charge in [-0.25, -0.2) is 0 Å². The van der Waals surface area contributed by atoms with Gasteiger partial charge in [-0.15, -0.1) is 0 Å². The number of nitrogens with two attached hydrogens (primary N) is 1. The molecule has 0 aliphatic carbocycles. The summed E-state index contributed by atoms with van der Waals surface area (Å²) in [4.78, 5) is 16.0. The molecule has 4 heteroatoms. The number of carbonyl (C=O) groups is 1. The molecule has 1 aromatic rings. The number of aromatic nitrogens is 1. The molecule has 0 spiro atoms. The van der Waals surface area contributed by atoms with Gasteiger partial charge < -0.3 is 10.5 Å². The van der Waals surface area contributed by atoms with Gasteiger partial charge in [0.05, 0.1) is 11.8 Å². The maximum absolute atomic E-state index is 11.9. The fraction of sp³-hybridized carbons (Fsp3) is 0.538. The lowest BCUT2D eigenvalue weighted by Gasteiger charge is -2.08. The summed E-state index contributed by atoms with van der Waals surface area (Å²) in [5.41, 5.74) is 6.96. The van der Waals surface area contributed by atoms with E-state index in [1.807, 2.05) is 0 Å². The minimum Gasteiger partial charge on any atom is -0.378 e. The van der Waals surface area contributed by atoms with Gasteiger partial charge in [-0.2, -0.15) is 0 Å². The zero-order valence-corrected chi connectivity index (χ0v) is 9.89. The monoisotopic (exact) mass is 234 g/mol. The number of pyridine rings is 1. The summed E-state index contributed by atoms with van der Waals surface area (Å²) in [5.74, 6) is 0.151. The lowest BCUT2D eigenvalue weighted by molar-refractivity contribution is 0.0859.